The zero-order valence-corrected chi connectivity index (χ0v) is 8.97. The molecule has 82 valence electrons. The molecule has 0 bridgehead atoms. The summed E-state index contributed by atoms with van der Waals surface area (Å²) in [5, 5.41) is 18.4. The molecule has 0 spiro atoms. The average molecular weight is 201 g/mol. The van der Waals surface area contributed by atoms with Crippen LogP contribution in [0, 0.1) is 11.8 Å². The Morgan fingerprint density at radius 3 is 2.36 bits per heavy atom. The molecule has 14 heavy (non-hydrogen) atoms. The lowest BCUT2D eigenvalue weighted by Crippen LogP contribution is -2.39. The maximum absolute atomic E-state index is 10.8. The number of aliphatic hydroxyl groups is 1. The number of β-amino-alcohol motifs (C(OH)–C–C–N with tert-alkyl or cyclic N) is 1. The summed E-state index contributed by atoms with van der Waals surface area (Å²) < 4.78 is 0. The van der Waals surface area contributed by atoms with Gasteiger partial charge in [0.1, 0.15) is 0 Å². The number of hydrogen-bond acceptors (Lipinski definition) is 3. The van der Waals surface area contributed by atoms with E-state index in [1.807, 2.05) is 18.7 Å². The van der Waals surface area contributed by atoms with E-state index in [4.69, 9.17) is 5.11 Å². The van der Waals surface area contributed by atoms with Crippen molar-refractivity contribution >= 4 is 5.97 Å². The molecule has 1 aliphatic rings. The summed E-state index contributed by atoms with van der Waals surface area (Å²) in [6, 6.07) is -0.00731. The standard InChI is InChI=1S/C10H19NO3/c1-6-4-11(5-9(6)12)8(3)7(2)10(13)14/h6-9,12H,4-5H2,1-3H3,(H,13,14). The predicted octanol–water partition coefficient (Wildman–Crippen LogP) is 0.408. The maximum atomic E-state index is 10.8. The molecule has 0 aromatic carbocycles. The van der Waals surface area contributed by atoms with Crippen molar-refractivity contribution in [2.45, 2.75) is 32.9 Å². The van der Waals surface area contributed by atoms with Gasteiger partial charge in [0.05, 0.1) is 12.0 Å². The lowest BCUT2D eigenvalue weighted by atomic mass is 10.0. The number of aliphatic carboxylic acids is 1. The van der Waals surface area contributed by atoms with Gasteiger partial charge in [-0.15, -0.1) is 0 Å². The summed E-state index contributed by atoms with van der Waals surface area (Å²) in [5.74, 6) is -0.905. The van der Waals surface area contributed by atoms with Gasteiger partial charge in [-0.25, -0.2) is 0 Å². The van der Waals surface area contributed by atoms with Crippen molar-refractivity contribution in [1.82, 2.24) is 4.90 Å². The monoisotopic (exact) mass is 201 g/mol. The summed E-state index contributed by atoms with van der Waals surface area (Å²) in [6.45, 7) is 6.99. The molecular formula is C10H19NO3. The van der Waals surface area contributed by atoms with E-state index >= 15 is 0 Å². The topological polar surface area (TPSA) is 60.8 Å². The molecule has 4 nitrogen and oxygen atoms in total. The third-order valence-corrected chi connectivity index (χ3v) is 3.29. The van der Waals surface area contributed by atoms with E-state index in [0.29, 0.717) is 6.54 Å². The van der Waals surface area contributed by atoms with Gasteiger partial charge in [-0.1, -0.05) is 13.8 Å². The fourth-order valence-corrected chi connectivity index (χ4v) is 1.84. The van der Waals surface area contributed by atoms with E-state index < -0.39 is 5.97 Å². The lowest BCUT2D eigenvalue weighted by Gasteiger charge is -2.26. The van der Waals surface area contributed by atoms with Crippen LogP contribution in [0.25, 0.3) is 0 Å². The van der Waals surface area contributed by atoms with Crippen molar-refractivity contribution in [3.8, 4) is 0 Å². The summed E-state index contributed by atoms with van der Waals surface area (Å²) in [5.41, 5.74) is 0. The molecule has 0 radical (unpaired) electrons. The van der Waals surface area contributed by atoms with Gasteiger partial charge < -0.3 is 10.2 Å². The van der Waals surface area contributed by atoms with Gasteiger partial charge in [0.25, 0.3) is 0 Å². The molecular weight excluding hydrogens is 182 g/mol. The van der Waals surface area contributed by atoms with Crippen molar-refractivity contribution in [2.75, 3.05) is 13.1 Å². The number of carboxylic acid groups (broad SMARTS) is 1. The van der Waals surface area contributed by atoms with Gasteiger partial charge >= 0.3 is 5.97 Å². The number of aliphatic hydroxyl groups excluding tert-OH is 1. The predicted molar refractivity (Wildman–Crippen MR) is 53.0 cm³/mol. The minimum absolute atomic E-state index is 0.00731. The fraction of sp³-hybridized carbons (Fsp3) is 0.900. The molecule has 0 saturated carbocycles. The normalized spacial score (nSPS) is 32.9. The van der Waals surface area contributed by atoms with Gasteiger partial charge in [-0.2, -0.15) is 0 Å². The minimum Gasteiger partial charge on any atom is -0.481 e. The quantitative estimate of drug-likeness (QED) is 0.694. The largest absolute Gasteiger partial charge is 0.481 e. The van der Waals surface area contributed by atoms with Crippen molar-refractivity contribution in [3.63, 3.8) is 0 Å². The zero-order chi connectivity index (χ0) is 10.9. The Balaban J connectivity index is 2.54. The van der Waals surface area contributed by atoms with Gasteiger partial charge in [0, 0.05) is 19.1 Å². The zero-order valence-electron chi connectivity index (χ0n) is 8.97. The summed E-state index contributed by atoms with van der Waals surface area (Å²) in [6.07, 6.45) is -0.307. The highest BCUT2D eigenvalue weighted by Gasteiger charge is 2.34. The molecule has 2 N–H and O–H groups in total. The van der Waals surface area contributed by atoms with Crippen LogP contribution in [0.3, 0.4) is 0 Å². The molecule has 0 aliphatic carbocycles. The second-order valence-electron chi connectivity index (χ2n) is 4.37. The van der Waals surface area contributed by atoms with E-state index in [2.05, 4.69) is 0 Å². The number of nitrogens with zero attached hydrogens (tertiary/aromatic N) is 1. The van der Waals surface area contributed by atoms with Crippen LogP contribution in [0.2, 0.25) is 0 Å². The third-order valence-electron chi connectivity index (χ3n) is 3.29. The molecule has 4 heteroatoms. The fourth-order valence-electron chi connectivity index (χ4n) is 1.84. The van der Waals surface area contributed by atoms with E-state index in [1.165, 1.54) is 0 Å². The molecule has 4 atom stereocenters. The highest BCUT2D eigenvalue weighted by atomic mass is 16.4. The van der Waals surface area contributed by atoms with Gasteiger partial charge in [0.2, 0.25) is 0 Å². The first-order chi connectivity index (χ1) is 6.43. The Kier molecular flexibility index (Phi) is 3.50. The molecule has 0 aromatic rings. The second-order valence-corrected chi connectivity index (χ2v) is 4.37. The first-order valence-electron chi connectivity index (χ1n) is 5.08. The highest BCUT2D eigenvalue weighted by molar-refractivity contribution is 5.70. The van der Waals surface area contributed by atoms with Crippen LogP contribution in [0.15, 0.2) is 0 Å². The number of rotatable bonds is 3. The van der Waals surface area contributed by atoms with Crippen LogP contribution >= 0.6 is 0 Å². The van der Waals surface area contributed by atoms with Gasteiger partial charge in [0.15, 0.2) is 0 Å². The molecule has 4 unspecified atom stereocenters. The van der Waals surface area contributed by atoms with E-state index in [9.17, 15) is 9.90 Å². The van der Waals surface area contributed by atoms with Crippen LogP contribution in [0.4, 0.5) is 0 Å². The smallest absolute Gasteiger partial charge is 0.307 e. The van der Waals surface area contributed by atoms with Crippen LogP contribution in [-0.4, -0.2) is 46.3 Å². The van der Waals surface area contributed by atoms with Gasteiger partial charge in [-0.3, -0.25) is 9.69 Å². The summed E-state index contributed by atoms with van der Waals surface area (Å²) in [4.78, 5) is 12.8. The number of carbonyl (C=O) groups is 1. The van der Waals surface area contributed by atoms with Crippen LogP contribution in [0.1, 0.15) is 20.8 Å². The molecule has 1 heterocycles. The number of hydrogen-bond donors (Lipinski definition) is 2. The van der Waals surface area contributed by atoms with Crippen molar-refractivity contribution in [3.05, 3.63) is 0 Å². The summed E-state index contributed by atoms with van der Waals surface area (Å²) >= 11 is 0. The molecule has 1 saturated heterocycles. The lowest BCUT2D eigenvalue weighted by molar-refractivity contribution is -0.143. The Bertz CT molecular complexity index is 209. The molecule has 1 rings (SSSR count). The van der Waals surface area contributed by atoms with Crippen LogP contribution in [0.5, 0.6) is 0 Å². The van der Waals surface area contributed by atoms with E-state index in [1.54, 1.807) is 6.92 Å². The van der Waals surface area contributed by atoms with Crippen molar-refractivity contribution < 1.29 is 15.0 Å². The number of carboxylic acids is 1. The Hall–Kier alpha value is -0.610. The van der Waals surface area contributed by atoms with Crippen LogP contribution < -0.4 is 0 Å². The second kappa shape index (κ2) is 4.28. The highest BCUT2D eigenvalue weighted by Crippen LogP contribution is 2.22. The maximum Gasteiger partial charge on any atom is 0.307 e. The average Bonchev–Trinajstić information content (AvgIpc) is 2.44. The summed E-state index contributed by atoms with van der Waals surface area (Å²) in [7, 11) is 0. The van der Waals surface area contributed by atoms with E-state index in [-0.39, 0.29) is 24.0 Å². The van der Waals surface area contributed by atoms with Crippen LogP contribution in [-0.2, 0) is 4.79 Å². The van der Waals surface area contributed by atoms with Gasteiger partial charge in [-0.05, 0) is 12.8 Å². The molecule has 0 amide bonds. The third kappa shape index (κ3) is 2.25. The number of likely N-dealkylation sites (tertiary alicyclic amines) is 1. The Morgan fingerprint density at radius 2 is 2.00 bits per heavy atom. The van der Waals surface area contributed by atoms with E-state index in [0.717, 1.165) is 6.54 Å². The molecule has 1 aliphatic heterocycles. The first-order valence-corrected chi connectivity index (χ1v) is 5.08. The SMILES string of the molecule is CC1CN(C(C)C(C)C(=O)O)CC1O. The first kappa shape index (κ1) is 11.5. The Morgan fingerprint density at radius 1 is 1.43 bits per heavy atom. The molecule has 1 fully saturated rings. The van der Waals surface area contributed by atoms with Crippen molar-refractivity contribution in [1.29, 1.82) is 0 Å². The minimum atomic E-state index is -0.772. The Labute approximate surface area is 84.5 Å². The van der Waals surface area contributed by atoms with Crippen molar-refractivity contribution in [2.24, 2.45) is 11.8 Å². The molecule has 0 aromatic heterocycles.